The molecule has 0 saturated heterocycles. The fourth-order valence-electron chi connectivity index (χ4n) is 2.74. The monoisotopic (exact) mass is 412 g/mol. The normalized spacial score (nSPS) is 11.0. The van der Waals surface area contributed by atoms with Crippen LogP contribution in [0.15, 0.2) is 45.4 Å². The van der Waals surface area contributed by atoms with Crippen LogP contribution in [0.2, 0.25) is 0 Å². The van der Waals surface area contributed by atoms with Gasteiger partial charge in [0.25, 0.3) is 5.56 Å². The van der Waals surface area contributed by atoms with Crippen molar-refractivity contribution in [1.29, 1.82) is 0 Å². The number of anilines is 1. The van der Waals surface area contributed by atoms with Crippen LogP contribution in [-0.2, 0) is 18.9 Å². The summed E-state index contributed by atoms with van der Waals surface area (Å²) in [6.45, 7) is 1.98. The zero-order valence-corrected chi connectivity index (χ0v) is 17.2. The molecule has 29 heavy (non-hydrogen) atoms. The summed E-state index contributed by atoms with van der Waals surface area (Å²) in [7, 11) is 4.52. The van der Waals surface area contributed by atoms with E-state index in [4.69, 9.17) is 4.74 Å². The molecule has 0 unspecified atom stereocenters. The van der Waals surface area contributed by atoms with Crippen LogP contribution < -0.4 is 21.3 Å². The van der Waals surface area contributed by atoms with Crippen LogP contribution in [0.25, 0.3) is 17.3 Å². The summed E-state index contributed by atoms with van der Waals surface area (Å²) in [5.74, 6) is 0.266. The molecule has 3 aromatic rings. The number of nitrogens with one attached hydrogen (secondary N) is 1. The van der Waals surface area contributed by atoms with Crippen LogP contribution in [0.1, 0.15) is 11.1 Å². The van der Waals surface area contributed by atoms with Gasteiger partial charge in [-0.3, -0.25) is 19.5 Å². The Hall–Kier alpha value is -3.46. The number of aryl methyl sites for hydroxylation is 2. The highest BCUT2D eigenvalue weighted by molar-refractivity contribution is 7.14. The molecule has 2 heterocycles. The number of amides is 1. The summed E-state index contributed by atoms with van der Waals surface area (Å²) in [4.78, 5) is 40.5. The second-order valence-electron chi connectivity index (χ2n) is 6.41. The molecule has 1 aromatic carbocycles. The topological polar surface area (TPSA) is 95.2 Å². The molecule has 9 heteroatoms. The maximum absolute atomic E-state index is 12.2. The Kier molecular flexibility index (Phi) is 5.79. The number of hydrogen-bond donors (Lipinski definition) is 1. The Morgan fingerprint density at radius 1 is 1.28 bits per heavy atom. The fourth-order valence-corrected chi connectivity index (χ4v) is 3.45. The second-order valence-corrected chi connectivity index (χ2v) is 7.26. The average Bonchev–Trinajstić information content (AvgIpc) is 3.16. The molecule has 0 bridgehead atoms. The molecular weight excluding hydrogens is 392 g/mol. The minimum absolute atomic E-state index is 0.231. The van der Waals surface area contributed by atoms with Gasteiger partial charge in [-0.15, -0.1) is 11.3 Å². The first-order valence-electron chi connectivity index (χ1n) is 8.66. The van der Waals surface area contributed by atoms with Crippen LogP contribution in [-0.4, -0.2) is 27.1 Å². The minimum Gasteiger partial charge on any atom is -0.496 e. The molecule has 2 aromatic heterocycles. The quantitative estimate of drug-likeness (QED) is 0.648. The SMILES string of the molecule is COc1ccc(C)cc1-c1csc(NC(=O)/C=C/c2cn(C)c(=O)n(C)c2=O)n1. The zero-order chi connectivity index (χ0) is 21.1. The fraction of sp³-hybridized carbons (Fsp3) is 0.200. The molecule has 0 atom stereocenters. The smallest absolute Gasteiger partial charge is 0.330 e. The van der Waals surface area contributed by atoms with E-state index < -0.39 is 17.2 Å². The van der Waals surface area contributed by atoms with Crippen molar-refractivity contribution >= 4 is 28.5 Å². The largest absolute Gasteiger partial charge is 0.496 e. The molecule has 0 saturated carbocycles. The number of carbonyl (C=O) groups excluding carboxylic acids is 1. The van der Waals surface area contributed by atoms with Gasteiger partial charge in [-0.2, -0.15) is 0 Å². The third-order valence-corrected chi connectivity index (χ3v) is 5.01. The molecule has 0 spiro atoms. The van der Waals surface area contributed by atoms with E-state index in [2.05, 4.69) is 10.3 Å². The van der Waals surface area contributed by atoms with Gasteiger partial charge < -0.3 is 9.30 Å². The van der Waals surface area contributed by atoms with Gasteiger partial charge in [0.2, 0.25) is 5.91 Å². The van der Waals surface area contributed by atoms with Gasteiger partial charge in [-0.05, 0) is 25.1 Å². The number of ether oxygens (including phenoxy) is 1. The van der Waals surface area contributed by atoms with Crippen molar-refractivity contribution in [2.24, 2.45) is 14.1 Å². The molecule has 3 rings (SSSR count). The van der Waals surface area contributed by atoms with Gasteiger partial charge in [-0.25, -0.2) is 9.78 Å². The van der Waals surface area contributed by atoms with Crippen molar-refractivity contribution in [2.75, 3.05) is 12.4 Å². The zero-order valence-electron chi connectivity index (χ0n) is 16.4. The van der Waals surface area contributed by atoms with Crippen molar-refractivity contribution in [1.82, 2.24) is 14.1 Å². The number of benzene rings is 1. The van der Waals surface area contributed by atoms with E-state index in [1.165, 1.54) is 48.3 Å². The van der Waals surface area contributed by atoms with Gasteiger partial charge in [0.05, 0.1) is 18.4 Å². The summed E-state index contributed by atoms with van der Waals surface area (Å²) >= 11 is 1.29. The molecule has 0 fully saturated rings. The molecule has 1 N–H and O–H groups in total. The Bertz CT molecular complexity index is 1220. The van der Waals surface area contributed by atoms with E-state index in [1.807, 2.05) is 30.5 Å². The number of methoxy groups -OCH3 is 1. The predicted molar refractivity (Wildman–Crippen MR) is 113 cm³/mol. The molecule has 0 aliphatic heterocycles. The number of nitrogens with zero attached hydrogens (tertiary/aromatic N) is 3. The van der Waals surface area contributed by atoms with Crippen LogP contribution in [0, 0.1) is 6.92 Å². The molecule has 0 aliphatic rings. The average molecular weight is 412 g/mol. The third kappa shape index (κ3) is 4.35. The summed E-state index contributed by atoms with van der Waals surface area (Å²) < 4.78 is 7.65. The lowest BCUT2D eigenvalue weighted by molar-refractivity contribution is -0.111. The Balaban J connectivity index is 1.78. The van der Waals surface area contributed by atoms with Gasteiger partial charge in [0, 0.05) is 37.3 Å². The Morgan fingerprint density at radius 2 is 2.03 bits per heavy atom. The lowest BCUT2D eigenvalue weighted by Crippen LogP contribution is -2.37. The van der Waals surface area contributed by atoms with Crippen molar-refractivity contribution < 1.29 is 9.53 Å². The maximum Gasteiger partial charge on any atom is 0.330 e. The highest BCUT2D eigenvalue weighted by Crippen LogP contribution is 2.32. The number of hydrogen-bond acceptors (Lipinski definition) is 6. The number of rotatable bonds is 5. The Morgan fingerprint density at radius 3 is 2.76 bits per heavy atom. The van der Waals surface area contributed by atoms with Crippen molar-refractivity contribution in [2.45, 2.75) is 6.92 Å². The highest BCUT2D eigenvalue weighted by Gasteiger charge is 2.11. The summed E-state index contributed by atoms with van der Waals surface area (Å²) in [5.41, 5.74) is 1.93. The third-order valence-electron chi connectivity index (χ3n) is 4.25. The van der Waals surface area contributed by atoms with Crippen LogP contribution >= 0.6 is 11.3 Å². The van der Waals surface area contributed by atoms with Gasteiger partial charge in [0.1, 0.15) is 5.75 Å². The summed E-state index contributed by atoms with van der Waals surface area (Å²) in [5, 5.41) is 4.93. The molecule has 0 radical (unpaired) electrons. The molecular formula is C20H20N4O4S. The standard InChI is InChI=1S/C20H20N4O4S/c1-12-5-7-16(28-4)14(9-12)15-11-29-19(21-15)22-17(25)8-6-13-10-23(2)20(27)24(3)18(13)26/h5-11H,1-4H3,(H,21,22,25)/b8-6+. The van der Waals surface area contributed by atoms with Gasteiger partial charge in [-0.1, -0.05) is 11.6 Å². The van der Waals surface area contributed by atoms with Gasteiger partial charge in [0.15, 0.2) is 5.13 Å². The molecule has 1 amide bonds. The molecule has 150 valence electrons. The van der Waals surface area contributed by atoms with Crippen molar-refractivity contribution in [3.8, 4) is 17.0 Å². The van der Waals surface area contributed by atoms with E-state index in [-0.39, 0.29) is 5.56 Å². The second kappa shape index (κ2) is 8.27. The van der Waals surface area contributed by atoms with E-state index in [1.54, 1.807) is 7.11 Å². The van der Waals surface area contributed by atoms with Crippen LogP contribution in [0.3, 0.4) is 0 Å². The Labute approximate surface area is 170 Å². The van der Waals surface area contributed by atoms with E-state index in [9.17, 15) is 14.4 Å². The number of carbonyl (C=O) groups is 1. The van der Waals surface area contributed by atoms with Crippen molar-refractivity contribution in [3.63, 3.8) is 0 Å². The first-order chi connectivity index (χ1) is 13.8. The summed E-state index contributed by atoms with van der Waals surface area (Å²) in [6, 6.07) is 5.79. The first kappa shape index (κ1) is 20.3. The number of aromatic nitrogens is 3. The highest BCUT2D eigenvalue weighted by atomic mass is 32.1. The first-order valence-corrected chi connectivity index (χ1v) is 9.54. The molecule has 8 nitrogen and oxygen atoms in total. The van der Waals surface area contributed by atoms with Crippen LogP contribution in [0.4, 0.5) is 5.13 Å². The van der Waals surface area contributed by atoms with Crippen LogP contribution in [0.5, 0.6) is 5.75 Å². The summed E-state index contributed by atoms with van der Waals surface area (Å²) in [6.07, 6.45) is 3.99. The number of thiazole rings is 1. The van der Waals surface area contributed by atoms with E-state index >= 15 is 0 Å². The minimum atomic E-state index is -0.472. The lowest BCUT2D eigenvalue weighted by Gasteiger charge is -2.07. The van der Waals surface area contributed by atoms with E-state index in [0.29, 0.717) is 16.6 Å². The van der Waals surface area contributed by atoms with Gasteiger partial charge >= 0.3 is 5.69 Å². The van der Waals surface area contributed by atoms with E-state index in [0.717, 1.165) is 15.7 Å². The molecule has 0 aliphatic carbocycles. The maximum atomic E-state index is 12.2. The lowest BCUT2D eigenvalue weighted by atomic mass is 10.1. The predicted octanol–water partition coefficient (Wildman–Crippen LogP) is 2.18. The van der Waals surface area contributed by atoms with Crippen molar-refractivity contribution in [3.05, 3.63) is 67.8 Å².